The van der Waals surface area contributed by atoms with Gasteiger partial charge in [-0.25, -0.2) is 4.39 Å². The summed E-state index contributed by atoms with van der Waals surface area (Å²) in [4.78, 5) is 11.1. The molecule has 1 atom stereocenters. The lowest BCUT2D eigenvalue weighted by Gasteiger charge is -1.98. The molecular formula is C9H7FO2S. The summed E-state index contributed by atoms with van der Waals surface area (Å²) in [6, 6.07) is 4.74. The average Bonchev–Trinajstić information content (AvgIpc) is 2.49. The molecule has 0 radical (unpaired) electrons. The van der Waals surface area contributed by atoms with Crippen molar-refractivity contribution in [2.75, 3.05) is 0 Å². The van der Waals surface area contributed by atoms with Crippen LogP contribution in [0.1, 0.15) is 5.56 Å². The Bertz CT molecular complexity index is 365. The van der Waals surface area contributed by atoms with Gasteiger partial charge in [0.1, 0.15) is 11.1 Å². The molecule has 0 bridgehead atoms. The van der Waals surface area contributed by atoms with Crippen LogP contribution in [0.3, 0.4) is 0 Å². The third kappa shape index (κ3) is 1.42. The maximum absolute atomic E-state index is 13.1. The van der Waals surface area contributed by atoms with Gasteiger partial charge in [0.2, 0.25) is 0 Å². The summed E-state index contributed by atoms with van der Waals surface area (Å²) in [6.07, 6.45) is 0.424. The van der Waals surface area contributed by atoms with Gasteiger partial charge in [-0.2, -0.15) is 0 Å². The molecule has 1 aliphatic rings. The van der Waals surface area contributed by atoms with Gasteiger partial charge < -0.3 is 5.11 Å². The monoisotopic (exact) mass is 198 g/mol. The molecule has 0 spiro atoms. The molecule has 4 heteroatoms. The van der Waals surface area contributed by atoms with Crippen molar-refractivity contribution in [2.24, 2.45) is 0 Å². The van der Waals surface area contributed by atoms with E-state index in [9.17, 15) is 9.18 Å². The summed E-state index contributed by atoms with van der Waals surface area (Å²) in [6.45, 7) is 0. The van der Waals surface area contributed by atoms with E-state index in [0.717, 1.165) is 17.3 Å². The molecule has 1 aliphatic heterocycles. The third-order valence-corrected chi connectivity index (χ3v) is 3.34. The van der Waals surface area contributed by atoms with Crippen LogP contribution in [-0.2, 0) is 11.2 Å². The van der Waals surface area contributed by atoms with Crippen molar-refractivity contribution < 1.29 is 14.3 Å². The number of carboxylic acid groups (broad SMARTS) is 1. The first-order valence-electron chi connectivity index (χ1n) is 3.85. The fourth-order valence-electron chi connectivity index (χ4n) is 1.37. The molecule has 13 heavy (non-hydrogen) atoms. The van der Waals surface area contributed by atoms with Crippen LogP contribution in [0, 0.1) is 5.82 Å². The molecule has 0 aromatic heterocycles. The molecule has 0 fully saturated rings. The van der Waals surface area contributed by atoms with Crippen molar-refractivity contribution in [3.8, 4) is 0 Å². The van der Waals surface area contributed by atoms with Crippen LogP contribution in [-0.4, -0.2) is 16.3 Å². The summed E-state index contributed by atoms with van der Waals surface area (Å²) < 4.78 is 13.1. The molecule has 1 unspecified atom stereocenters. The first kappa shape index (κ1) is 8.56. The highest BCUT2D eigenvalue weighted by atomic mass is 32.2. The van der Waals surface area contributed by atoms with Crippen molar-refractivity contribution in [1.82, 2.24) is 0 Å². The van der Waals surface area contributed by atoms with E-state index in [1.165, 1.54) is 6.07 Å². The highest BCUT2D eigenvalue weighted by Crippen LogP contribution is 2.38. The highest BCUT2D eigenvalue weighted by Gasteiger charge is 2.29. The third-order valence-electron chi connectivity index (χ3n) is 1.99. The lowest BCUT2D eigenvalue weighted by atomic mass is 10.1. The molecular weight excluding hydrogens is 191 g/mol. The molecule has 1 N–H and O–H groups in total. The van der Waals surface area contributed by atoms with Crippen LogP contribution in [0.15, 0.2) is 23.1 Å². The Hall–Kier alpha value is -1.03. The summed E-state index contributed by atoms with van der Waals surface area (Å²) >= 11 is 1.10. The second-order valence-electron chi connectivity index (χ2n) is 2.88. The Morgan fingerprint density at radius 1 is 1.62 bits per heavy atom. The zero-order valence-electron chi connectivity index (χ0n) is 6.66. The Labute approximate surface area is 78.8 Å². The van der Waals surface area contributed by atoms with Gasteiger partial charge in [-0.05, 0) is 18.1 Å². The smallest absolute Gasteiger partial charge is 0.317 e. The number of fused-ring (bicyclic) bond motifs is 1. The molecule has 0 aliphatic carbocycles. The number of hydrogen-bond donors (Lipinski definition) is 1. The van der Waals surface area contributed by atoms with E-state index in [-0.39, 0.29) is 5.82 Å². The molecule has 0 saturated heterocycles. The van der Waals surface area contributed by atoms with Gasteiger partial charge in [0, 0.05) is 4.90 Å². The number of halogens is 1. The minimum atomic E-state index is -0.874. The Kier molecular flexibility index (Phi) is 2.00. The average molecular weight is 198 g/mol. The van der Waals surface area contributed by atoms with Gasteiger partial charge >= 0.3 is 5.97 Å². The minimum Gasteiger partial charge on any atom is -0.480 e. The van der Waals surface area contributed by atoms with Crippen LogP contribution in [0.5, 0.6) is 0 Å². The summed E-state index contributed by atoms with van der Waals surface area (Å²) in [7, 11) is 0. The lowest BCUT2D eigenvalue weighted by Crippen LogP contribution is -2.14. The fraction of sp³-hybridized carbons (Fsp3) is 0.222. The molecule has 1 heterocycles. The van der Waals surface area contributed by atoms with E-state index in [1.54, 1.807) is 12.1 Å². The molecule has 2 nitrogen and oxygen atoms in total. The largest absolute Gasteiger partial charge is 0.480 e. The van der Waals surface area contributed by atoms with E-state index in [2.05, 4.69) is 0 Å². The SMILES string of the molecule is O=C(O)C1Cc2cccc(F)c2S1. The predicted molar refractivity (Wildman–Crippen MR) is 47.4 cm³/mol. The number of benzene rings is 1. The molecule has 1 aromatic carbocycles. The van der Waals surface area contributed by atoms with E-state index in [1.807, 2.05) is 0 Å². The van der Waals surface area contributed by atoms with Crippen molar-refractivity contribution in [3.63, 3.8) is 0 Å². The zero-order valence-corrected chi connectivity index (χ0v) is 7.47. The maximum atomic E-state index is 13.1. The van der Waals surface area contributed by atoms with Gasteiger partial charge in [0.05, 0.1) is 0 Å². The van der Waals surface area contributed by atoms with Crippen LogP contribution >= 0.6 is 11.8 Å². The standard InChI is InChI=1S/C9H7FO2S/c10-6-3-1-2-5-4-7(9(11)12)13-8(5)6/h1-3,7H,4H2,(H,11,12). The van der Waals surface area contributed by atoms with Crippen molar-refractivity contribution >= 4 is 17.7 Å². The van der Waals surface area contributed by atoms with Crippen LogP contribution in [0.25, 0.3) is 0 Å². The first-order chi connectivity index (χ1) is 6.18. The minimum absolute atomic E-state index is 0.314. The molecule has 2 rings (SSSR count). The van der Waals surface area contributed by atoms with E-state index in [4.69, 9.17) is 5.11 Å². The van der Waals surface area contributed by atoms with Gasteiger partial charge in [0.25, 0.3) is 0 Å². The normalized spacial score (nSPS) is 19.9. The maximum Gasteiger partial charge on any atom is 0.317 e. The van der Waals surface area contributed by atoms with Gasteiger partial charge in [0.15, 0.2) is 0 Å². The quantitative estimate of drug-likeness (QED) is 0.749. The zero-order chi connectivity index (χ0) is 9.42. The number of rotatable bonds is 1. The molecule has 1 aromatic rings. The van der Waals surface area contributed by atoms with Gasteiger partial charge in [-0.1, -0.05) is 12.1 Å². The summed E-state index contributed by atoms with van der Waals surface area (Å²) in [5.41, 5.74) is 0.803. The van der Waals surface area contributed by atoms with Crippen LogP contribution in [0.4, 0.5) is 4.39 Å². The number of carboxylic acids is 1. The Morgan fingerprint density at radius 2 is 2.38 bits per heavy atom. The van der Waals surface area contributed by atoms with E-state index < -0.39 is 11.2 Å². The van der Waals surface area contributed by atoms with Crippen LogP contribution < -0.4 is 0 Å². The lowest BCUT2D eigenvalue weighted by molar-refractivity contribution is -0.136. The first-order valence-corrected chi connectivity index (χ1v) is 4.73. The van der Waals surface area contributed by atoms with Crippen LogP contribution in [0.2, 0.25) is 0 Å². The molecule has 68 valence electrons. The number of carbonyl (C=O) groups is 1. The van der Waals surface area contributed by atoms with Crippen molar-refractivity contribution in [2.45, 2.75) is 16.6 Å². The second-order valence-corrected chi connectivity index (χ2v) is 4.09. The molecule has 0 amide bonds. The fourth-order valence-corrected chi connectivity index (χ4v) is 2.50. The van der Waals surface area contributed by atoms with Gasteiger partial charge in [-0.15, -0.1) is 11.8 Å². The second kappa shape index (κ2) is 3.03. The highest BCUT2D eigenvalue weighted by molar-refractivity contribution is 8.01. The Morgan fingerprint density at radius 3 is 3.00 bits per heavy atom. The summed E-state index contributed by atoms with van der Waals surface area (Å²) in [5, 5.41) is 8.21. The molecule has 0 saturated carbocycles. The van der Waals surface area contributed by atoms with Crippen molar-refractivity contribution in [3.05, 3.63) is 29.6 Å². The number of hydrogen-bond acceptors (Lipinski definition) is 2. The van der Waals surface area contributed by atoms with Gasteiger partial charge in [-0.3, -0.25) is 4.79 Å². The van der Waals surface area contributed by atoms with E-state index in [0.29, 0.717) is 11.3 Å². The number of aliphatic carboxylic acids is 1. The topological polar surface area (TPSA) is 37.3 Å². The summed E-state index contributed by atoms with van der Waals surface area (Å²) in [5.74, 6) is -1.19. The number of thioether (sulfide) groups is 1. The Balaban J connectivity index is 2.35. The van der Waals surface area contributed by atoms with E-state index >= 15 is 0 Å². The predicted octanol–water partition coefficient (Wildman–Crippen LogP) is 1.93. The van der Waals surface area contributed by atoms with Crippen molar-refractivity contribution in [1.29, 1.82) is 0 Å².